The molecular weight excluding hydrogens is 231 g/mol. The molecule has 1 aliphatic rings. The molecule has 0 atom stereocenters. The topological polar surface area (TPSA) is 34.1 Å². The number of Topliss-reactive ketones (excluding diaryl/α,β-unsaturated/α-hetero) is 2. The Balaban J connectivity index is 2.23. The molecule has 2 aromatic carbocycles. The van der Waals surface area contributed by atoms with Crippen LogP contribution in [0.3, 0.4) is 0 Å². The Hall–Kier alpha value is -2.29. The molecule has 3 rings (SSSR count). The van der Waals surface area contributed by atoms with Crippen LogP contribution < -0.4 is 0 Å². The molecule has 0 aliphatic heterocycles. The van der Waals surface area contributed by atoms with E-state index in [1.165, 1.54) is 24.3 Å². The van der Waals surface area contributed by atoms with Crippen LogP contribution in [0.5, 0.6) is 0 Å². The van der Waals surface area contributed by atoms with Gasteiger partial charge in [-0.05, 0) is 0 Å². The summed E-state index contributed by atoms with van der Waals surface area (Å²) in [6, 6.07) is 14.1. The van der Waals surface area contributed by atoms with Gasteiger partial charge >= 0.3 is 0 Å². The average molecular weight is 240 g/mol. The van der Waals surface area contributed by atoms with Crippen molar-refractivity contribution in [2.24, 2.45) is 0 Å². The van der Waals surface area contributed by atoms with Crippen molar-refractivity contribution in [2.75, 3.05) is 0 Å². The monoisotopic (exact) mass is 240 g/mol. The molecule has 0 N–H and O–H groups in total. The van der Waals surface area contributed by atoms with Crippen molar-refractivity contribution in [2.45, 2.75) is 5.67 Å². The number of rotatable bonds is 1. The Labute approximate surface area is 103 Å². The first-order chi connectivity index (χ1) is 8.65. The van der Waals surface area contributed by atoms with Gasteiger partial charge in [0, 0.05) is 16.7 Å². The highest BCUT2D eigenvalue weighted by Gasteiger charge is 2.54. The Bertz CT molecular complexity index is 612. The lowest BCUT2D eigenvalue weighted by atomic mass is 9.91. The lowest BCUT2D eigenvalue weighted by Crippen LogP contribution is -2.33. The molecule has 0 heterocycles. The number of hydrogen-bond acceptors (Lipinski definition) is 2. The molecule has 0 bridgehead atoms. The minimum absolute atomic E-state index is 0.0937. The predicted molar refractivity (Wildman–Crippen MR) is 64.3 cm³/mol. The predicted octanol–water partition coefficient (Wildman–Crippen LogP) is 2.93. The zero-order valence-electron chi connectivity index (χ0n) is 9.39. The second-order valence-electron chi connectivity index (χ2n) is 4.23. The first-order valence-corrected chi connectivity index (χ1v) is 5.59. The number of ketones is 2. The lowest BCUT2D eigenvalue weighted by molar-refractivity contribution is 0.0598. The van der Waals surface area contributed by atoms with Crippen molar-refractivity contribution in [3.63, 3.8) is 0 Å². The number of benzene rings is 2. The van der Waals surface area contributed by atoms with Gasteiger partial charge in [-0.2, -0.15) is 0 Å². The molecule has 0 fully saturated rings. The van der Waals surface area contributed by atoms with Crippen LogP contribution in [0.15, 0.2) is 54.6 Å². The van der Waals surface area contributed by atoms with E-state index in [9.17, 15) is 14.0 Å². The summed E-state index contributed by atoms with van der Waals surface area (Å²) in [5.41, 5.74) is -2.15. The number of halogens is 1. The van der Waals surface area contributed by atoms with Crippen LogP contribution in [0, 0.1) is 0 Å². The van der Waals surface area contributed by atoms with Crippen LogP contribution in [-0.2, 0) is 5.67 Å². The minimum Gasteiger partial charge on any atom is -0.290 e. The van der Waals surface area contributed by atoms with Gasteiger partial charge in [-0.25, -0.2) is 4.39 Å². The van der Waals surface area contributed by atoms with E-state index >= 15 is 0 Å². The zero-order chi connectivity index (χ0) is 12.8. The summed E-state index contributed by atoms with van der Waals surface area (Å²) in [5.74, 6) is -1.54. The quantitative estimate of drug-likeness (QED) is 0.718. The number of alkyl halides is 1. The van der Waals surface area contributed by atoms with E-state index in [2.05, 4.69) is 0 Å². The van der Waals surface area contributed by atoms with Crippen molar-refractivity contribution in [1.29, 1.82) is 0 Å². The molecule has 0 radical (unpaired) electrons. The molecule has 0 amide bonds. The largest absolute Gasteiger partial charge is 0.290 e. The van der Waals surface area contributed by atoms with Crippen LogP contribution in [0.4, 0.5) is 4.39 Å². The first kappa shape index (κ1) is 10.8. The van der Waals surface area contributed by atoms with Crippen molar-refractivity contribution in [3.8, 4) is 0 Å². The highest BCUT2D eigenvalue weighted by molar-refractivity contribution is 6.31. The molecule has 3 heteroatoms. The molecule has 0 saturated heterocycles. The summed E-state index contributed by atoms with van der Waals surface area (Å²) in [4.78, 5) is 24.3. The summed E-state index contributed by atoms with van der Waals surface area (Å²) in [5, 5.41) is 0. The smallest absolute Gasteiger partial charge is 0.260 e. The number of carbonyl (C=O) groups is 2. The van der Waals surface area contributed by atoms with E-state index in [1.807, 2.05) is 0 Å². The number of fused-ring (bicyclic) bond motifs is 1. The van der Waals surface area contributed by atoms with E-state index in [4.69, 9.17) is 0 Å². The van der Waals surface area contributed by atoms with Gasteiger partial charge in [0.05, 0.1) is 0 Å². The van der Waals surface area contributed by atoms with E-state index in [0.717, 1.165) is 0 Å². The first-order valence-electron chi connectivity index (χ1n) is 5.59. The van der Waals surface area contributed by atoms with Gasteiger partial charge in [0.25, 0.3) is 5.67 Å². The van der Waals surface area contributed by atoms with E-state index < -0.39 is 17.2 Å². The summed E-state index contributed by atoms with van der Waals surface area (Å²) in [7, 11) is 0. The Morgan fingerprint density at radius 3 is 1.67 bits per heavy atom. The normalized spacial score (nSPS) is 16.7. The van der Waals surface area contributed by atoms with E-state index in [0.29, 0.717) is 0 Å². The highest BCUT2D eigenvalue weighted by Crippen LogP contribution is 2.40. The third-order valence-electron chi connectivity index (χ3n) is 3.21. The van der Waals surface area contributed by atoms with Crippen LogP contribution >= 0.6 is 0 Å². The Morgan fingerprint density at radius 2 is 1.17 bits per heavy atom. The maximum absolute atomic E-state index is 14.9. The van der Waals surface area contributed by atoms with Crippen molar-refractivity contribution in [3.05, 3.63) is 71.3 Å². The molecule has 88 valence electrons. The van der Waals surface area contributed by atoms with E-state index in [-0.39, 0.29) is 16.7 Å². The molecule has 0 aromatic heterocycles. The third kappa shape index (κ3) is 1.21. The standard InChI is InChI=1S/C15H9FO2/c16-15(10-6-2-1-3-7-10)13(17)11-8-4-5-9-12(11)14(15)18/h1-9H. The fraction of sp³-hybridized carbons (Fsp3) is 0.0667. The fourth-order valence-corrected chi connectivity index (χ4v) is 2.28. The van der Waals surface area contributed by atoms with Gasteiger partial charge in [0.1, 0.15) is 0 Å². The molecule has 2 nitrogen and oxygen atoms in total. The summed E-state index contributed by atoms with van der Waals surface area (Å²) < 4.78 is 14.9. The molecule has 18 heavy (non-hydrogen) atoms. The van der Waals surface area contributed by atoms with Gasteiger partial charge < -0.3 is 0 Å². The fourth-order valence-electron chi connectivity index (χ4n) is 2.28. The number of hydrogen-bond donors (Lipinski definition) is 0. The zero-order valence-corrected chi connectivity index (χ0v) is 9.39. The van der Waals surface area contributed by atoms with Crippen LogP contribution in [-0.4, -0.2) is 11.6 Å². The Morgan fingerprint density at radius 1 is 0.722 bits per heavy atom. The number of carbonyl (C=O) groups excluding carboxylic acids is 2. The summed E-state index contributed by atoms with van der Waals surface area (Å²) >= 11 is 0. The molecule has 1 aliphatic carbocycles. The van der Waals surface area contributed by atoms with Crippen molar-refractivity contribution in [1.82, 2.24) is 0 Å². The van der Waals surface area contributed by atoms with Gasteiger partial charge in [0.15, 0.2) is 0 Å². The second kappa shape index (κ2) is 3.60. The third-order valence-corrected chi connectivity index (χ3v) is 3.21. The molecule has 0 unspecified atom stereocenters. The van der Waals surface area contributed by atoms with Gasteiger partial charge in [-0.15, -0.1) is 0 Å². The molecule has 2 aromatic rings. The maximum Gasteiger partial charge on any atom is 0.260 e. The minimum atomic E-state index is -2.56. The highest BCUT2D eigenvalue weighted by atomic mass is 19.1. The van der Waals surface area contributed by atoms with Crippen molar-refractivity contribution < 1.29 is 14.0 Å². The summed E-state index contributed by atoms with van der Waals surface area (Å²) in [6.45, 7) is 0. The lowest BCUT2D eigenvalue weighted by Gasteiger charge is -2.16. The van der Waals surface area contributed by atoms with Crippen LogP contribution in [0.2, 0.25) is 0 Å². The van der Waals surface area contributed by atoms with Crippen molar-refractivity contribution >= 4 is 11.6 Å². The van der Waals surface area contributed by atoms with Gasteiger partial charge in [0.2, 0.25) is 11.6 Å². The summed E-state index contributed by atoms with van der Waals surface area (Å²) in [6.07, 6.45) is 0. The molecule has 0 saturated carbocycles. The van der Waals surface area contributed by atoms with Crippen LogP contribution in [0.25, 0.3) is 0 Å². The molecule has 0 spiro atoms. The van der Waals surface area contributed by atoms with Gasteiger partial charge in [-0.1, -0.05) is 54.6 Å². The van der Waals surface area contributed by atoms with Gasteiger partial charge in [-0.3, -0.25) is 9.59 Å². The second-order valence-corrected chi connectivity index (χ2v) is 4.23. The average Bonchev–Trinajstić information content (AvgIpc) is 2.64. The SMILES string of the molecule is O=C1c2ccccc2C(=O)C1(F)c1ccccc1. The van der Waals surface area contributed by atoms with Crippen LogP contribution in [0.1, 0.15) is 26.3 Å². The Kier molecular flexibility index (Phi) is 2.17. The maximum atomic E-state index is 14.9. The van der Waals surface area contributed by atoms with E-state index in [1.54, 1.807) is 30.3 Å². The molecular formula is C15H9FO2.